The molecule has 0 bridgehead atoms. The third-order valence-electron chi connectivity index (χ3n) is 4.43. The molecule has 11 heteroatoms. The van der Waals surface area contributed by atoms with Gasteiger partial charge >= 0.3 is 6.18 Å². The summed E-state index contributed by atoms with van der Waals surface area (Å²) in [5, 5.41) is 7.86. The maximum atomic E-state index is 13.0. The van der Waals surface area contributed by atoms with Crippen LogP contribution in [0.25, 0.3) is 0 Å². The van der Waals surface area contributed by atoms with Crippen LogP contribution in [0.2, 0.25) is 0 Å². The summed E-state index contributed by atoms with van der Waals surface area (Å²) in [6, 6.07) is 6.89. The highest BCUT2D eigenvalue weighted by atomic mass is 32.2. The van der Waals surface area contributed by atoms with Gasteiger partial charge in [0.2, 0.25) is 0 Å². The van der Waals surface area contributed by atoms with Gasteiger partial charge in [0.25, 0.3) is 11.1 Å². The third-order valence-corrected chi connectivity index (χ3v) is 5.25. The molecule has 6 nitrogen and oxygen atoms in total. The van der Waals surface area contributed by atoms with E-state index in [4.69, 9.17) is 9.15 Å². The largest absolute Gasteiger partial charge is 0.481 e. The van der Waals surface area contributed by atoms with Crippen molar-refractivity contribution in [2.24, 2.45) is 0 Å². The number of hydrogen-bond donors (Lipinski definition) is 0. The van der Waals surface area contributed by atoms with Crippen molar-refractivity contribution in [1.82, 2.24) is 14.8 Å². The molecule has 2 aromatic heterocycles. The van der Waals surface area contributed by atoms with Crippen LogP contribution in [0.15, 0.2) is 40.0 Å². The SMILES string of the molecule is Cc1cc(C(=O)CSc2nnc([C@H](C)Oc3ccc(F)cc3)o2)c(C)n1CC(F)(F)F. The van der Waals surface area contributed by atoms with Crippen LogP contribution in [0.4, 0.5) is 17.6 Å². The predicted octanol–water partition coefficient (Wildman–Crippen LogP) is 5.30. The molecule has 0 amide bonds. The van der Waals surface area contributed by atoms with Crippen LogP contribution in [0, 0.1) is 19.7 Å². The molecule has 0 saturated carbocycles. The lowest BCUT2D eigenvalue weighted by atomic mass is 10.2. The van der Waals surface area contributed by atoms with Gasteiger partial charge in [-0.05, 0) is 51.1 Å². The number of hydrogen-bond acceptors (Lipinski definition) is 6. The number of rotatable bonds is 8. The van der Waals surface area contributed by atoms with Crippen LogP contribution in [0.5, 0.6) is 5.75 Å². The Labute approximate surface area is 179 Å². The number of carbonyl (C=O) groups excluding carboxylic acids is 1. The lowest BCUT2D eigenvalue weighted by Crippen LogP contribution is -2.19. The predicted molar refractivity (Wildman–Crippen MR) is 105 cm³/mol. The maximum Gasteiger partial charge on any atom is 0.406 e. The fourth-order valence-corrected chi connectivity index (χ4v) is 3.57. The quantitative estimate of drug-likeness (QED) is 0.260. The van der Waals surface area contributed by atoms with Gasteiger partial charge in [-0.3, -0.25) is 4.79 Å². The van der Waals surface area contributed by atoms with E-state index in [0.29, 0.717) is 11.4 Å². The number of aromatic nitrogens is 3. The van der Waals surface area contributed by atoms with Gasteiger partial charge in [-0.25, -0.2) is 4.39 Å². The lowest BCUT2D eigenvalue weighted by Gasteiger charge is -2.12. The highest BCUT2D eigenvalue weighted by Crippen LogP contribution is 2.27. The van der Waals surface area contributed by atoms with Gasteiger partial charge in [0, 0.05) is 17.0 Å². The minimum absolute atomic E-state index is 0.0782. The minimum atomic E-state index is -4.38. The average molecular weight is 457 g/mol. The summed E-state index contributed by atoms with van der Waals surface area (Å²) >= 11 is 0.980. The summed E-state index contributed by atoms with van der Waals surface area (Å²) < 4.78 is 63.3. The van der Waals surface area contributed by atoms with Crippen molar-refractivity contribution in [2.75, 3.05) is 5.75 Å². The lowest BCUT2D eigenvalue weighted by molar-refractivity contribution is -0.141. The molecule has 3 rings (SSSR count). The highest BCUT2D eigenvalue weighted by molar-refractivity contribution is 7.99. The van der Waals surface area contributed by atoms with Crippen molar-refractivity contribution in [3.8, 4) is 5.75 Å². The highest BCUT2D eigenvalue weighted by Gasteiger charge is 2.30. The number of nitrogens with zero attached hydrogens (tertiary/aromatic N) is 3. The number of Topliss-reactive ketones (excluding diaryl/α,β-unsaturated/α-hetero) is 1. The number of aryl methyl sites for hydroxylation is 1. The van der Waals surface area contributed by atoms with E-state index in [2.05, 4.69) is 10.2 Å². The molecule has 0 aliphatic carbocycles. The number of thioether (sulfide) groups is 1. The first-order valence-corrected chi connectivity index (χ1v) is 10.2. The summed E-state index contributed by atoms with van der Waals surface area (Å²) in [5.41, 5.74) is 0.838. The molecular weight excluding hydrogens is 438 g/mol. The van der Waals surface area contributed by atoms with E-state index in [1.165, 1.54) is 44.2 Å². The molecule has 0 radical (unpaired) electrons. The Morgan fingerprint density at radius 2 is 1.90 bits per heavy atom. The van der Waals surface area contributed by atoms with Gasteiger partial charge < -0.3 is 13.7 Å². The zero-order chi connectivity index (χ0) is 22.8. The fourth-order valence-electron chi connectivity index (χ4n) is 2.92. The number of carbonyl (C=O) groups is 1. The molecule has 0 aliphatic heterocycles. The smallest absolute Gasteiger partial charge is 0.406 e. The van der Waals surface area contributed by atoms with Crippen molar-refractivity contribution >= 4 is 17.5 Å². The topological polar surface area (TPSA) is 70.2 Å². The first-order chi connectivity index (χ1) is 14.5. The van der Waals surface area contributed by atoms with Crippen LogP contribution in [-0.4, -0.2) is 32.5 Å². The second kappa shape index (κ2) is 9.13. The summed E-state index contributed by atoms with van der Waals surface area (Å²) in [4.78, 5) is 12.5. The first-order valence-electron chi connectivity index (χ1n) is 9.18. The zero-order valence-electron chi connectivity index (χ0n) is 16.9. The van der Waals surface area contributed by atoms with Crippen LogP contribution in [-0.2, 0) is 6.54 Å². The summed E-state index contributed by atoms with van der Waals surface area (Å²) in [7, 11) is 0. The van der Waals surface area contributed by atoms with Gasteiger partial charge in [-0.2, -0.15) is 13.2 Å². The number of alkyl halides is 3. The van der Waals surface area contributed by atoms with E-state index in [9.17, 15) is 22.4 Å². The summed E-state index contributed by atoms with van der Waals surface area (Å²) in [5.74, 6) is -0.221. The molecular formula is C20H19F4N3O3S. The molecule has 2 heterocycles. The van der Waals surface area contributed by atoms with Gasteiger partial charge in [0.1, 0.15) is 18.1 Å². The first kappa shape index (κ1) is 22.9. The molecule has 0 aliphatic rings. The van der Waals surface area contributed by atoms with E-state index in [1.807, 2.05) is 0 Å². The molecule has 0 unspecified atom stereocenters. The van der Waals surface area contributed by atoms with E-state index in [-0.39, 0.29) is 39.7 Å². The minimum Gasteiger partial charge on any atom is -0.481 e. The zero-order valence-corrected chi connectivity index (χ0v) is 17.7. The maximum absolute atomic E-state index is 13.0. The Bertz CT molecular complexity index is 1060. The van der Waals surface area contributed by atoms with E-state index in [1.54, 1.807) is 6.92 Å². The van der Waals surface area contributed by atoms with Crippen LogP contribution in [0.3, 0.4) is 0 Å². The number of benzene rings is 1. The monoisotopic (exact) mass is 457 g/mol. The number of ether oxygens (including phenoxy) is 1. The van der Waals surface area contributed by atoms with Crippen molar-refractivity contribution in [1.29, 1.82) is 0 Å². The molecule has 1 aromatic carbocycles. The van der Waals surface area contributed by atoms with Gasteiger partial charge in [0.05, 0.1) is 5.75 Å². The van der Waals surface area contributed by atoms with Crippen molar-refractivity contribution in [2.45, 2.75) is 44.8 Å². The van der Waals surface area contributed by atoms with Crippen LogP contribution >= 0.6 is 11.8 Å². The number of halogens is 4. The molecule has 0 fully saturated rings. The third kappa shape index (κ3) is 5.87. The van der Waals surface area contributed by atoms with Crippen molar-refractivity contribution < 1.29 is 31.5 Å². The molecule has 166 valence electrons. The second-order valence-corrected chi connectivity index (χ2v) is 7.74. The Morgan fingerprint density at radius 3 is 2.55 bits per heavy atom. The van der Waals surface area contributed by atoms with E-state index < -0.39 is 18.8 Å². The molecule has 3 aromatic rings. The van der Waals surface area contributed by atoms with E-state index in [0.717, 1.165) is 16.3 Å². The van der Waals surface area contributed by atoms with Crippen LogP contribution < -0.4 is 4.74 Å². The summed E-state index contributed by atoms with van der Waals surface area (Å²) in [6.07, 6.45) is -4.99. The summed E-state index contributed by atoms with van der Waals surface area (Å²) in [6.45, 7) is 3.53. The van der Waals surface area contributed by atoms with Gasteiger partial charge in [-0.15, -0.1) is 10.2 Å². The Balaban J connectivity index is 1.61. The molecule has 0 spiro atoms. The van der Waals surface area contributed by atoms with Crippen molar-refractivity contribution in [3.05, 3.63) is 59.0 Å². The van der Waals surface area contributed by atoms with Gasteiger partial charge in [0.15, 0.2) is 11.9 Å². The van der Waals surface area contributed by atoms with Crippen molar-refractivity contribution in [3.63, 3.8) is 0 Å². The number of ketones is 1. The molecule has 31 heavy (non-hydrogen) atoms. The molecule has 1 atom stereocenters. The fraction of sp³-hybridized carbons (Fsp3) is 0.350. The Hall–Kier alpha value is -2.82. The molecule has 0 saturated heterocycles. The normalized spacial score (nSPS) is 12.7. The Morgan fingerprint density at radius 1 is 1.23 bits per heavy atom. The average Bonchev–Trinajstić information content (AvgIpc) is 3.27. The van der Waals surface area contributed by atoms with Gasteiger partial charge in [-0.1, -0.05) is 11.8 Å². The Kier molecular flexibility index (Phi) is 6.73. The van der Waals surface area contributed by atoms with Crippen LogP contribution in [0.1, 0.15) is 40.7 Å². The van der Waals surface area contributed by atoms with E-state index >= 15 is 0 Å². The molecule has 0 N–H and O–H groups in total. The second-order valence-electron chi connectivity index (χ2n) is 6.82. The standard InChI is InChI=1S/C20H19F4N3O3S/c1-11-8-16(12(2)27(11)10-20(22,23)24)17(28)9-31-19-26-25-18(30-19)13(3)29-15-6-4-14(21)5-7-15/h4-8,13H,9-10H2,1-3H3/t13-/m0/s1.